The molecule has 2 atom stereocenters. The third-order valence-corrected chi connectivity index (χ3v) is 4.40. The number of carbonyl (C=O) groups is 4. The number of hydrogen-bond acceptors (Lipinski definition) is 7. The van der Waals surface area contributed by atoms with Gasteiger partial charge in [0.25, 0.3) is 0 Å². The minimum atomic E-state index is -1.18. The Morgan fingerprint density at radius 2 is 1.40 bits per heavy atom. The fraction of sp³-hybridized carbons (Fsp3) is 0.826. The van der Waals surface area contributed by atoms with Gasteiger partial charge in [-0.1, -0.05) is 0 Å². The number of amides is 4. The highest BCUT2D eigenvalue weighted by molar-refractivity contribution is 5.82. The lowest BCUT2D eigenvalue weighted by molar-refractivity contribution is -0.123. The van der Waals surface area contributed by atoms with Crippen LogP contribution in [0, 0.1) is 0 Å². The Hall–Kier alpha value is -2.76. The van der Waals surface area contributed by atoms with Gasteiger partial charge in [-0.25, -0.2) is 14.4 Å². The molecular formula is C23H45N5O7. The summed E-state index contributed by atoms with van der Waals surface area (Å²) >= 11 is 0. The second-order valence-electron chi connectivity index (χ2n) is 11.3. The number of alkyl carbamates (subject to hydrolysis) is 2. The van der Waals surface area contributed by atoms with Gasteiger partial charge in [-0.3, -0.25) is 4.79 Å². The first kappa shape index (κ1) is 32.2. The number of hydrogen-bond donors (Lipinski definition) is 5. The Kier molecular flexibility index (Phi) is 12.3. The van der Waals surface area contributed by atoms with E-state index in [1.54, 1.807) is 62.3 Å². The van der Waals surface area contributed by atoms with Crippen molar-refractivity contribution in [2.24, 2.45) is 5.73 Å². The van der Waals surface area contributed by atoms with Gasteiger partial charge >= 0.3 is 18.3 Å². The molecule has 0 saturated heterocycles. The second-order valence-corrected chi connectivity index (χ2v) is 11.3. The third kappa shape index (κ3) is 15.7. The van der Waals surface area contributed by atoms with E-state index in [0.29, 0.717) is 19.4 Å². The first-order valence-corrected chi connectivity index (χ1v) is 11.7. The predicted octanol–water partition coefficient (Wildman–Crippen LogP) is 2.41. The molecule has 0 aliphatic rings. The van der Waals surface area contributed by atoms with Crippen molar-refractivity contribution in [1.82, 2.24) is 20.9 Å². The number of carbonyl (C=O) groups excluding carboxylic acids is 3. The Balaban J connectivity index is 4.98. The van der Waals surface area contributed by atoms with Gasteiger partial charge in [0, 0.05) is 31.2 Å². The van der Waals surface area contributed by atoms with Crippen molar-refractivity contribution < 1.29 is 33.8 Å². The van der Waals surface area contributed by atoms with E-state index in [2.05, 4.69) is 16.0 Å². The summed E-state index contributed by atoms with van der Waals surface area (Å²) in [6, 6.07) is -1.61. The van der Waals surface area contributed by atoms with Crippen LogP contribution in [0.5, 0.6) is 0 Å². The van der Waals surface area contributed by atoms with E-state index >= 15 is 0 Å². The summed E-state index contributed by atoms with van der Waals surface area (Å²) in [5, 5.41) is 17.4. The molecule has 12 nitrogen and oxygen atoms in total. The van der Waals surface area contributed by atoms with E-state index in [-0.39, 0.29) is 13.1 Å². The summed E-state index contributed by atoms with van der Waals surface area (Å²) in [5.74, 6) is -0.552. The molecular weight excluding hydrogens is 458 g/mol. The second kappa shape index (κ2) is 13.4. The van der Waals surface area contributed by atoms with Crippen molar-refractivity contribution in [3.05, 3.63) is 0 Å². The van der Waals surface area contributed by atoms with E-state index in [9.17, 15) is 24.3 Å². The van der Waals surface area contributed by atoms with Gasteiger partial charge in [-0.2, -0.15) is 0 Å². The molecule has 0 heterocycles. The van der Waals surface area contributed by atoms with Gasteiger partial charge in [0.05, 0.1) is 0 Å². The zero-order chi connectivity index (χ0) is 27.6. The molecule has 0 saturated carbocycles. The van der Waals surface area contributed by atoms with Crippen molar-refractivity contribution in [3.8, 4) is 0 Å². The van der Waals surface area contributed by atoms with E-state index < -0.39 is 53.0 Å². The first-order valence-electron chi connectivity index (χ1n) is 11.7. The van der Waals surface area contributed by atoms with Crippen molar-refractivity contribution in [3.63, 3.8) is 0 Å². The zero-order valence-corrected chi connectivity index (χ0v) is 22.6. The maximum atomic E-state index is 12.5. The quantitative estimate of drug-likeness (QED) is 0.283. The van der Waals surface area contributed by atoms with Crippen LogP contribution < -0.4 is 21.7 Å². The number of nitrogens with one attached hydrogen (secondary N) is 3. The zero-order valence-electron chi connectivity index (χ0n) is 22.6. The van der Waals surface area contributed by atoms with E-state index in [1.807, 2.05) is 0 Å². The summed E-state index contributed by atoms with van der Waals surface area (Å²) in [5.41, 5.74) is 3.89. The Morgan fingerprint density at radius 1 is 0.886 bits per heavy atom. The fourth-order valence-electron chi connectivity index (χ4n) is 2.83. The lowest BCUT2D eigenvalue weighted by atomic mass is 10.1. The highest BCUT2D eigenvalue weighted by atomic mass is 16.6. The first-order chi connectivity index (χ1) is 15.7. The van der Waals surface area contributed by atoms with Crippen molar-refractivity contribution in [1.29, 1.82) is 0 Å². The maximum absolute atomic E-state index is 12.5. The highest BCUT2D eigenvalue weighted by Crippen LogP contribution is 2.14. The fourth-order valence-corrected chi connectivity index (χ4v) is 2.83. The standard InChI is InChI=1S/C23H45N5O7/c1-21(2,3)28(20(32)33)14-16(24)17(29)26-13-15(27-19(31)35-23(7,8)9)11-10-12-25-18(30)34-22(4,5)6/h15-16H,10-14,24H2,1-9H3,(H,25,30)(H,26,29)(H,27,31)(H,32,33)/t15-,16-/m0/s1. The predicted molar refractivity (Wildman–Crippen MR) is 132 cm³/mol. The molecule has 0 aliphatic carbocycles. The number of nitrogens with zero attached hydrogens (tertiary/aromatic N) is 1. The molecule has 0 aromatic rings. The van der Waals surface area contributed by atoms with E-state index in [4.69, 9.17) is 15.2 Å². The average molecular weight is 504 g/mol. The van der Waals surface area contributed by atoms with Crippen LogP contribution >= 0.6 is 0 Å². The SMILES string of the molecule is CC(C)(C)OC(=O)NCCC[C@@H](CNC(=O)[C@@H](N)CN(C(=O)O)C(C)(C)C)NC(=O)OC(C)(C)C. The minimum Gasteiger partial charge on any atom is -0.465 e. The van der Waals surface area contributed by atoms with Gasteiger partial charge < -0.3 is 41.2 Å². The third-order valence-electron chi connectivity index (χ3n) is 4.40. The molecule has 0 bridgehead atoms. The molecule has 6 N–H and O–H groups in total. The Morgan fingerprint density at radius 3 is 1.86 bits per heavy atom. The van der Waals surface area contributed by atoms with Gasteiger partial charge in [-0.05, 0) is 75.2 Å². The number of ether oxygens (including phenoxy) is 2. The van der Waals surface area contributed by atoms with Crippen LogP contribution in [-0.4, -0.2) is 82.7 Å². The van der Waals surface area contributed by atoms with Crippen LogP contribution in [0.15, 0.2) is 0 Å². The smallest absolute Gasteiger partial charge is 0.407 e. The summed E-state index contributed by atoms with van der Waals surface area (Å²) in [6.07, 6.45) is -1.48. The molecule has 0 aromatic heterocycles. The Bertz CT molecular complexity index is 723. The van der Waals surface area contributed by atoms with Crippen LogP contribution in [0.1, 0.15) is 75.2 Å². The maximum Gasteiger partial charge on any atom is 0.407 e. The molecule has 0 aliphatic heterocycles. The summed E-state index contributed by atoms with van der Waals surface area (Å²) < 4.78 is 10.5. The van der Waals surface area contributed by atoms with Crippen LogP contribution in [0.3, 0.4) is 0 Å². The highest BCUT2D eigenvalue weighted by Gasteiger charge is 2.30. The molecule has 0 radical (unpaired) electrons. The number of carboxylic acid groups (broad SMARTS) is 1. The van der Waals surface area contributed by atoms with Crippen LogP contribution in [0.25, 0.3) is 0 Å². The minimum absolute atomic E-state index is 0.0425. The number of rotatable bonds is 10. The van der Waals surface area contributed by atoms with Gasteiger partial charge in [0.15, 0.2) is 0 Å². The molecule has 0 spiro atoms. The molecule has 35 heavy (non-hydrogen) atoms. The summed E-state index contributed by atoms with van der Waals surface area (Å²) in [4.78, 5) is 49.2. The lowest BCUT2D eigenvalue weighted by Crippen LogP contribution is -2.56. The summed E-state index contributed by atoms with van der Waals surface area (Å²) in [6.45, 7) is 15.8. The lowest BCUT2D eigenvalue weighted by Gasteiger charge is -2.34. The van der Waals surface area contributed by atoms with Crippen LogP contribution in [0.2, 0.25) is 0 Å². The Labute approximate surface area is 208 Å². The summed E-state index contributed by atoms with van der Waals surface area (Å²) in [7, 11) is 0. The molecule has 0 aromatic carbocycles. The van der Waals surface area contributed by atoms with Crippen LogP contribution in [-0.2, 0) is 14.3 Å². The monoisotopic (exact) mass is 503 g/mol. The molecule has 204 valence electrons. The normalized spacial score (nSPS) is 13.8. The number of nitrogens with two attached hydrogens (primary N) is 1. The van der Waals surface area contributed by atoms with Crippen molar-refractivity contribution in [2.45, 2.75) is 104 Å². The van der Waals surface area contributed by atoms with Gasteiger partial charge in [0.2, 0.25) is 5.91 Å². The van der Waals surface area contributed by atoms with Gasteiger partial charge in [0.1, 0.15) is 17.2 Å². The van der Waals surface area contributed by atoms with E-state index in [1.165, 1.54) is 0 Å². The molecule has 0 fully saturated rings. The molecule has 4 amide bonds. The van der Waals surface area contributed by atoms with Crippen molar-refractivity contribution >= 4 is 24.2 Å². The van der Waals surface area contributed by atoms with Crippen molar-refractivity contribution in [2.75, 3.05) is 19.6 Å². The average Bonchev–Trinajstić information content (AvgIpc) is 2.62. The van der Waals surface area contributed by atoms with E-state index in [0.717, 1.165) is 4.90 Å². The molecule has 0 unspecified atom stereocenters. The largest absolute Gasteiger partial charge is 0.465 e. The van der Waals surface area contributed by atoms with Crippen LogP contribution in [0.4, 0.5) is 14.4 Å². The topological polar surface area (TPSA) is 172 Å². The molecule has 12 heteroatoms. The van der Waals surface area contributed by atoms with Gasteiger partial charge in [-0.15, -0.1) is 0 Å². The molecule has 0 rings (SSSR count).